The summed E-state index contributed by atoms with van der Waals surface area (Å²) < 4.78 is 16.7. The minimum Gasteiger partial charge on any atom is -0.507 e. The highest BCUT2D eigenvalue weighted by Crippen LogP contribution is 2.37. The van der Waals surface area contributed by atoms with Crippen LogP contribution in [0, 0.1) is 0 Å². The summed E-state index contributed by atoms with van der Waals surface area (Å²) in [4.78, 5) is 30.4. The third kappa shape index (κ3) is 4.66. The number of carbonyl (C=O) groups is 2. The van der Waals surface area contributed by atoms with Crippen LogP contribution in [-0.2, 0) is 25.5 Å². The van der Waals surface area contributed by atoms with E-state index in [0.29, 0.717) is 38.3 Å². The number of hydrogen-bond donors (Lipinski definition) is 1. The van der Waals surface area contributed by atoms with Gasteiger partial charge in [0, 0.05) is 51.7 Å². The first-order valence-electron chi connectivity index (χ1n) is 12.2. The van der Waals surface area contributed by atoms with E-state index < -0.39 is 17.7 Å². The van der Waals surface area contributed by atoms with Crippen LogP contribution in [0.3, 0.4) is 0 Å². The molecular weight excluding hydrogens is 448 g/mol. The molecule has 0 saturated carbocycles. The molecule has 0 bridgehead atoms. The second-order valence-electron chi connectivity index (χ2n) is 9.51. The fraction of sp³-hybridized carbons (Fsp3) is 0.481. The molecule has 5 rings (SSSR count). The molecule has 2 fully saturated rings. The molecular formula is C27H32N2O6. The number of fused-ring (bicyclic) bond motifs is 1. The number of nitrogens with zero attached hydrogens (tertiary/aromatic N) is 2. The first-order valence-corrected chi connectivity index (χ1v) is 12.2. The van der Waals surface area contributed by atoms with Crippen molar-refractivity contribution in [3.05, 3.63) is 58.7 Å². The number of hydrogen-bond acceptors (Lipinski definition) is 7. The number of Topliss-reactive ketones (excluding diaryl/α,β-unsaturated/α-hetero) is 1. The Morgan fingerprint density at radius 1 is 1.17 bits per heavy atom. The summed E-state index contributed by atoms with van der Waals surface area (Å²) in [6.45, 7) is 5.93. The van der Waals surface area contributed by atoms with Crippen molar-refractivity contribution in [3.63, 3.8) is 0 Å². The molecule has 8 heteroatoms. The maximum atomic E-state index is 13.3. The standard InChI is InChI=1S/C27H32N2O6/c1-17-14-20-15-19(6-7-22(20)35-17)25(30)23-24(18-4-3-5-21(16-18)33-2)29(27(32)26(23)31)9-8-28-10-12-34-13-11-28/h3-7,15,17,21,24,30H,8-14,16H2,1-2H3/t17-,21+,24+/m0/s1. The van der Waals surface area contributed by atoms with Crippen LogP contribution in [0.4, 0.5) is 0 Å². The van der Waals surface area contributed by atoms with Gasteiger partial charge in [0.05, 0.1) is 30.9 Å². The molecule has 1 aromatic rings. The smallest absolute Gasteiger partial charge is 0.295 e. The molecule has 1 aromatic carbocycles. The fourth-order valence-electron chi connectivity index (χ4n) is 5.33. The highest BCUT2D eigenvalue weighted by molar-refractivity contribution is 6.47. The van der Waals surface area contributed by atoms with Gasteiger partial charge < -0.3 is 24.2 Å². The van der Waals surface area contributed by atoms with Gasteiger partial charge in [0.15, 0.2) is 0 Å². The van der Waals surface area contributed by atoms with E-state index in [2.05, 4.69) is 4.90 Å². The molecule has 1 N–H and O–H groups in total. The van der Waals surface area contributed by atoms with Crippen LogP contribution in [0.15, 0.2) is 47.6 Å². The van der Waals surface area contributed by atoms with E-state index in [9.17, 15) is 14.7 Å². The Balaban J connectivity index is 1.51. The second-order valence-corrected chi connectivity index (χ2v) is 9.51. The monoisotopic (exact) mass is 480 g/mol. The number of amides is 1. The highest BCUT2D eigenvalue weighted by atomic mass is 16.5. The van der Waals surface area contributed by atoms with Gasteiger partial charge in [0.1, 0.15) is 17.6 Å². The lowest BCUT2D eigenvalue weighted by Crippen LogP contribution is -2.45. The Hall–Kier alpha value is -2.94. The van der Waals surface area contributed by atoms with Crippen molar-refractivity contribution in [1.82, 2.24) is 9.80 Å². The van der Waals surface area contributed by atoms with Gasteiger partial charge in [-0.15, -0.1) is 0 Å². The van der Waals surface area contributed by atoms with E-state index in [4.69, 9.17) is 14.2 Å². The zero-order valence-electron chi connectivity index (χ0n) is 20.2. The molecule has 4 aliphatic rings. The van der Waals surface area contributed by atoms with Crippen LogP contribution < -0.4 is 4.74 Å². The molecule has 35 heavy (non-hydrogen) atoms. The number of methoxy groups -OCH3 is 1. The van der Waals surface area contributed by atoms with Gasteiger partial charge >= 0.3 is 0 Å². The Kier molecular flexibility index (Phi) is 6.77. The second kappa shape index (κ2) is 9.97. The van der Waals surface area contributed by atoms with E-state index in [1.807, 2.05) is 37.3 Å². The lowest BCUT2D eigenvalue weighted by atomic mass is 9.89. The van der Waals surface area contributed by atoms with Crippen LogP contribution in [0.25, 0.3) is 5.76 Å². The maximum Gasteiger partial charge on any atom is 0.295 e. The van der Waals surface area contributed by atoms with Crippen molar-refractivity contribution < 1.29 is 28.9 Å². The van der Waals surface area contributed by atoms with Gasteiger partial charge in [-0.25, -0.2) is 0 Å². The number of allylic oxidation sites excluding steroid dienone is 2. The van der Waals surface area contributed by atoms with Gasteiger partial charge in [-0.1, -0.05) is 18.2 Å². The number of ether oxygens (including phenoxy) is 3. The van der Waals surface area contributed by atoms with Gasteiger partial charge in [0.2, 0.25) is 0 Å². The summed E-state index contributed by atoms with van der Waals surface area (Å²) in [6, 6.07) is 4.79. The molecule has 0 spiro atoms. The number of benzene rings is 1. The normalized spacial score (nSPS) is 28.2. The van der Waals surface area contributed by atoms with Crippen molar-refractivity contribution in [2.24, 2.45) is 0 Å². The zero-order valence-corrected chi connectivity index (χ0v) is 20.2. The number of likely N-dealkylation sites (tertiary alicyclic amines) is 1. The van der Waals surface area contributed by atoms with Crippen molar-refractivity contribution in [3.8, 4) is 5.75 Å². The van der Waals surface area contributed by atoms with Crippen molar-refractivity contribution in [2.75, 3.05) is 46.5 Å². The molecule has 186 valence electrons. The predicted octanol–water partition coefficient (Wildman–Crippen LogP) is 2.29. The minimum absolute atomic E-state index is 0.0679. The molecule has 0 unspecified atom stereocenters. The number of rotatable bonds is 6. The zero-order chi connectivity index (χ0) is 24.5. The van der Waals surface area contributed by atoms with E-state index >= 15 is 0 Å². The van der Waals surface area contributed by atoms with Crippen molar-refractivity contribution >= 4 is 17.4 Å². The molecule has 3 atom stereocenters. The van der Waals surface area contributed by atoms with Crippen LogP contribution >= 0.6 is 0 Å². The van der Waals surface area contributed by atoms with Gasteiger partial charge in [-0.2, -0.15) is 0 Å². The molecule has 3 aliphatic heterocycles. The van der Waals surface area contributed by atoms with Gasteiger partial charge in [-0.3, -0.25) is 14.5 Å². The molecule has 0 radical (unpaired) electrons. The highest BCUT2D eigenvalue weighted by Gasteiger charge is 2.47. The third-order valence-electron chi connectivity index (χ3n) is 7.20. The summed E-state index contributed by atoms with van der Waals surface area (Å²) in [7, 11) is 1.64. The largest absolute Gasteiger partial charge is 0.507 e. The molecule has 1 aliphatic carbocycles. The summed E-state index contributed by atoms with van der Waals surface area (Å²) in [6.07, 6.45) is 6.97. The average molecular weight is 481 g/mol. The van der Waals surface area contributed by atoms with E-state index in [-0.39, 0.29) is 23.5 Å². The number of aliphatic hydroxyl groups is 1. The van der Waals surface area contributed by atoms with Crippen LogP contribution in [0.5, 0.6) is 5.75 Å². The van der Waals surface area contributed by atoms with E-state index in [1.165, 1.54) is 0 Å². The van der Waals surface area contributed by atoms with Crippen LogP contribution in [0.2, 0.25) is 0 Å². The summed E-state index contributed by atoms with van der Waals surface area (Å²) >= 11 is 0. The number of aliphatic hydroxyl groups excluding tert-OH is 1. The summed E-state index contributed by atoms with van der Waals surface area (Å²) in [5.41, 5.74) is 2.52. The predicted molar refractivity (Wildman–Crippen MR) is 130 cm³/mol. The Morgan fingerprint density at radius 3 is 2.74 bits per heavy atom. The number of ketones is 1. The minimum atomic E-state index is -0.649. The number of carbonyl (C=O) groups excluding carboxylic acids is 2. The Bertz CT molecular complexity index is 1100. The Morgan fingerprint density at radius 2 is 1.97 bits per heavy atom. The van der Waals surface area contributed by atoms with Crippen LogP contribution in [-0.4, -0.2) is 91.3 Å². The topological polar surface area (TPSA) is 88.5 Å². The third-order valence-corrected chi connectivity index (χ3v) is 7.20. The fourth-order valence-corrected chi connectivity index (χ4v) is 5.33. The Labute approximate surface area is 205 Å². The summed E-state index contributed by atoms with van der Waals surface area (Å²) in [5.74, 6) is -0.579. The van der Waals surface area contributed by atoms with Crippen molar-refractivity contribution in [2.45, 2.75) is 38.0 Å². The summed E-state index contributed by atoms with van der Waals surface area (Å²) in [5, 5.41) is 11.4. The first-order chi connectivity index (χ1) is 17.0. The molecule has 8 nitrogen and oxygen atoms in total. The first kappa shape index (κ1) is 23.8. The lowest BCUT2D eigenvalue weighted by Gasteiger charge is -2.32. The van der Waals surface area contributed by atoms with E-state index in [0.717, 1.165) is 36.4 Å². The lowest BCUT2D eigenvalue weighted by molar-refractivity contribution is -0.139. The van der Waals surface area contributed by atoms with E-state index in [1.54, 1.807) is 18.1 Å². The maximum absolute atomic E-state index is 13.3. The van der Waals surface area contributed by atoms with Gasteiger partial charge in [-0.05, 0) is 36.3 Å². The quantitative estimate of drug-likeness (QED) is 0.380. The van der Waals surface area contributed by atoms with Gasteiger partial charge in [0.25, 0.3) is 11.7 Å². The average Bonchev–Trinajstić information content (AvgIpc) is 3.38. The molecule has 0 aromatic heterocycles. The molecule has 1 amide bonds. The van der Waals surface area contributed by atoms with Crippen LogP contribution in [0.1, 0.15) is 24.5 Å². The van der Waals surface area contributed by atoms with Crippen molar-refractivity contribution in [1.29, 1.82) is 0 Å². The SMILES string of the molecule is CO[C@@H]1C=CC=C([C@@H]2C(=C(O)c3ccc4c(c3)C[C@H](C)O4)C(=O)C(=O)N2CCN2CCOCC2)C1. The molecule has 2 saturated heterocycles. The molecule has 3 heterocycles. The number of morpholine rings is 1.